The van der Waals surface area contributed by atoms with Crippen LogP contribution in [-0.4, -0.2) is 63.3 Å². The molecule has 1 aromatic carbocycles. The average Bonchev–Trinajstić information content (AvgIpc) is 2.73. The smallest absolute Gasteiger partial charge is 0.191 e. The number of ether oxygens (including phenoxy) is 1. The third-order valence-electron chi connectivity index (χ3n) is 5.94. The van der Waals surface area contributed by atoms with Gasteiger partial charge in [-0.05, 0) is 63.4 Å². The van der Waals surface area contributed by atoms with E-state index in [9.17, 15) is 4.39 Å². The second-order valence-corrected chi connectivity index (χ2v) is 7.93. The normalized spacial score (nSPS) is 20.0. The monoisotopic (exact) mass is 518 g/mol. The van der Waals surface area contributed by atoms with Crippen molar-refractivity contribution >= 4 is 29.9 Å². The Hall–Kier alpha value is -0.930. The van der Waals surface area contributed by atoms with Gasteiger partial charge in [0.15, 0.2) is 5.96 Å². The van der Waals surface area contributed by atoms with E-state index >= 15 is 0 Å². The third-order valence-corrected chi connectivity index (χ3v) is 5.94. The van der Waals surface area contributed by atoms with Gasteiger partial charge in [0.1, 0.15) is 5.82 Å². The number of aliphatic imine (C=N–C) groups is 1. The number of benzene rings is 1. The second kappa shape index (κ2) is 12.7. The van der Waals surface area contributed by atoms with Crippen molar-refractivity contribution in [2.75, 3.05) is 52.5 Å². The summed E-state index contributed by atoms with van der Waals surface area (Å²) in [7, 11) is 0. The number of nitrogens with one attached hydrogen (secondary N) is 2. The summed E-state index contributed by atoms with van der Waals surface area (Å²) in [6.45, 7) is 9.30. The van der Waals surface area contributed by atoms with Crippen molar-refractivity contribution in [2.45, 2.75) is 44.4 Å². The zero-order valence-electron chi connectivity index (χ0n) is 17.6. The van der Waals surface area contributed by atoms with Crippen molar-refractivity contribution in [3.63, 3.8) is 0 Å². The fraction of sp³-hybridized carbons (Fsp3) is 0.682. The van der Waals surface area contributed by atoms with Crippen LogP contribution < -0.4 is 10.6 Å². The first-order chi connectivity index (χ1) is 13.7. The molecule has 0 bridgehead atoms. The highest BCUT2D eigenvalue weighted by Gasteiger charge is 2.34. The van der Waals surface area contributed by atoms with Crippen molar-refractivity contribution in [1.82, 2.24) is 15.5 Å². The van der Waals surface area contributed by atoms with Crippen LogP contribution in [0.4, 0.5) is 4.39 Å². The van der Waals surface area contributed by atoms with Gasteiger partial charge in [0.25, 0.3) is 0 Å². The van der Waals surface area contributed by atoms with E-state index in [-0.39, 0.29) is 35.2 Å². The lowest BCUT2D eigenvalue weighted by atomic mass is 9.74. The maximum atomic E-state index is 13.9. The minimum Gasteiger partial charge on any atom is -0.381 e. The molecule has 0 aromatic heterocycles. The quantitative estimate of drug-likeness (QED) is 0.330. The minimum absolute atomic E-state index is 0. The summed E-state index contributed by atoms with van der Waals surface area (Å²) in [4.78, 5) is 7.42. The van der Waals surface area contributed by atoms with Crippen LogP contribution in [0.5, 0.6) is 0 Å². The molecule has 2 N–H and O–H groups in total. The number of rotatable bonds is 7. The number of guanidine groups is 1. The first-order valence-corrected chi connectivity index (χ1v) is 10.8. The van der Waals surface area contributed by atoms with E-state index in [4.69, 9.17) is 9.73 Å². The molecule has 164 valence electrons. The largest absolute Gasteiger partial charge is 0.381 e. The fourth-order valence-electron chi connectivity index (χ4n) is 4.21. The van der Waals surface area contributed by atoms with Crippen LogP contribution in [0.25, 0.3) is 0 Å². The Morgan fingerprint density at radius 3 is 2.62 bits per heavy atom. The zero-order valence-corrected chi connectivity index (χ0v) is 19.9. The molecule has 5 nitrogen and oxygen atoms in total. The van der Waals surface area contributed by atoms with Gasteiger partial charge in [0, 0.05) is 38.3 Å². The molecular formula is C22H36FIN4O. The molecular weight excluding hydrogens is 482 g/mol. The molecule has 0 atom stereocenters. The van der Waals surface area contributed by atoms with E-state index in [1.54, 1.807) is 12.1 Å². The molecule has 0 unspecified atom stereocenters. The number of nitrogens with zero attached hydrogens (tertiary/aromatic N) is 2. The number of piperidine rings is 1. The standard InChI is InChI=1S/C22H35FN4O.HI/c1-2-24-21(25-11-14-27-12-4-3-5-13-27)26-18-22(9-15-28-16-10-22)19-7-6-8-20(23)17-19;/h6-8,17H,2-5,9-16,18H2,1H3,(H2,24,25,26);1H. The van der Waals surface area contributed by atoms with Gasteiger partial charge >= 0.3 is 0 Å². The summed E-state index contributed by atoms with van der Waals surface area (Å²) in [6, 6.07) is 7.00. The Morgan fingerprint density at radius 2 is 1.93 bits per heavy atom. The Morgan fingerprint density at radius 1 is 1.17 bits per heavy atom. The summed E-state index contributed by atoms with van der Waals surface area (Å²) in [5, 5.41) is 6.83. The molecule has 29 heavy (non-hydrogen) atoms. The molecule has 0 radical (unpaired) electrons. The van der Waals surface area contributed by atoms with Crippen LogP contribution in [-0.2, 0) is 10.2 Å². The van der Waals surface area contributed by atoms with Crippen LogP contribution in [0, 0.1) is 5.82 Å². The lowest BCUT2D eigenvalue weighted by Crippen LogP contribution is -2.44. The summed E-state index contributed by atoms with van der Waals surface area (Å²) in [5.74, 6) is 0.667. The molecule has 3 rings (SSSR count). The number of likely N-dealkylation sites (tertiary alicyclic amines) is 1. The zero-order chi connectivity index (χ0) is 19.7. The molecule has 0 amide bonds. The molecule has 2 heterocycles. The van der Waals surface area contributed by atoms with Crippen molar-refractivity contribution < 1.29 is 9.13 Å². The summed E-state index contributed by atoms with van der Waals surface area (Å²) < 4.78 is 19.4. The molecule has 2 saturated heterocycles. The molecule has 2 aliphatic heterocycles. The lowest BCUT2D eigenvalue weighted by molar-refractivity contribution is 0.0530. The van der Waals surface area contributed by atoms with Crippen molar-refractivity contribution in [1.29, 1.82) is 0 Å². The van der Waals surface area contributed by atoms with Crippen molar-refractivity contribution in [2.24, 2.45) is 4.99 Å². The van der Waals surface area contributed by atoms with E-state index < -0.39 is 0 Å². The highest BCUT2D eigenvalue weighted by molar-refractivity contribution is 14.0. The van der Waals surface area contributed by atoms with Crippen LogP contribution in [0.2, 0.25) is 0 Å². The van der Waals surface area contributed by atoms with Gasteiger partial charge in [-0.15, -0.1) is 24.0 Å². The van der Waals surface area contributed by atoms with Gasteiger partial charge in [0.05, 0.1) is 6.54 Å². The van der Waals surface area contributed by atoms with E-state index in [1.807, 2.05) is 6.07 Å². The Kier molecular flexibility index (Phi) is 10.7. The fourth-order valence-corrected chi connectivity index (χ4v) is 4.21. The molecule has 7 heteroatoms. The lowest BCUT2D eigenvalue weighted by Gasteiger charge is -2.36. The van der Waals surface area contributed by atoms with E-state index in [0.717, 1.165) is 44.0 Å². The average molecular weight is 518 g/mol. The van der Waals surface area contributed by atoms with Gasteiger partial charge in [-0.2, -0.15) is 0 Å². The van der Waals surface area contributed by atoms with E-state index in [0.29, 0.717) is 19.8 Å². The molecule has 0 aliphatic carbocycles. The van der Waals surface area contributed by atoms with Crippen molar-refractivity contribution in [3.05, 3.63) is 35.6 Å². The summed E-state index contributed by atoms with van der Waals surface area (Å²) >= 11 is 0. The van der Waals surface area contributed by atoms with Crippen LogP contribution in [0.15, 0.2) is 29.3 Å². The molecule has 2 fully saturated rings. The third kappa shape index (κ3) is 7.36. The Balaban J connectivity index is 0.00000300. The number of halogens is 2. The Bertz CT molecular complexity index is 631. The number of hydrogen-bond acceptors (Lipinski definition) is 3. The molecule has 2 aliphatic rings. The van der Waals surface area contributed by atoms with Crippen molar-refractivity contribution in [3.8, 4) is 0 Å². The number of hydrogen-bond donors (Lipinski definition) is 2. The molecule has 1 aromatic rings. The molecule has 0 saturated carbocycles. The maximum absolute atomic E-state index is 13.9. The summed E-state index contributed by atoms with van der Waals surface area (Å²) in [5.41, 5.74) is 0.874. The van der Waals surface area contributed by atoms with Gasteiger partial charge < -0.3 is 20.3 Å². The van der Waals surface area contributed by atoms with E-state index in [2.05, 4.69) is 22.5 Å². The second-order valence-electron chi connectivity index (χ2n) is 7.93. The maximum Gasteiger partial charge on any atom is 0.191 e. The molecule has 0 spiro atoms. The predicted octanol–water partition coefficient (Wildman–Crippen LogP) is 3.53. The van der Waals surface area contributed by atoms with Crippen LogP contribution in [0.3, 0.4) is 0 Å². The van der Waals surface area contributed by atoms with Gasteiger partial charge in [-0.25, -0.2) is 4.39 Å². The Labute approximate surface area is 191 Å². The van der Waals surface area contributed by atoms with Gasteiger partial charge in [-0.3, -0.25) is 4.99 Å². The van der Waals surface area contributed by atoms with Crippen LogP contribution in [0.1, 0.15) is 44.6 Å². The predicted molar refractivity (Wildman–Crippen MR) is 128 cm³/mol. The first kappa shape index (κ1) is 24.3. The topological polar surface area (TPSA) is 48.9 Å². The minimum atomic E-state index is -0.182. The summed E-state index contributed by atoms with van der Waals surface area (Å²) in [6.07, 6.45) is 5.72. The van der Waals surface area contributed by atoms with Gasteiger partial charge in [0.2, 0.25) is 0 Å². The SMILES string of the molecule is CCNC(=NCC1(c2cccc(F)c2)CCOCC1)NCCN1CCCCC1.I. The highest BCUT2D eigenvalue weighted by Crippen LogP contribution is 2.35. The first-order valence-electron chi connectivity index (χ1n) is 10.8. The van der Waals surface area contributed by atoms with Crippen LogP contribution >= 0.6 is 24.0 Å². The van der Waals surface area contributed by atoms with E-state index in [1.165, 1.54) is 38.4 Å². The van der Waals surface area contributed by atoms with Gasteiger partial charge in [-0.1, -0.05) is 18.6 Å². The highest BCUT2D eigenvalue weighted by atomic mass is 127.